The van der Waals surface area contributed by atoms with Gasteiger partial charge in [0.25, 0.3) is 0 Å². The van der Waals surface area contributed by atoms with Crippen LogP contribution >= 0.6 is 11.3 Å². The van der Waals surface area contributed by atoms with Gasteiger partial charge in [0, 0.05) is 29.4 Å². The topological polar surface area (TPSA) is 59.6 Å². The number of thiophene rings is 1. The molecule has 2 atom stereocenters. The fourth-order valence-corrected chi connectivity index (χ4v) is 3.24. The highest BCUT2D eigenvalue weighted by atomic mass is 32.1. The summed E-state index contributed by atoms with van der Waals surface area (Å²) >= 11 is 1.71. The van der Waals surface area contributed by atoms with Gasteiger partial charge in [-0.25, -0.2) is 0 Å². The van der Waals surface area contributed by atoms with E-state index in [-0.39, 0.29) is 18.0 Å². The van der Waals surface area contributed by atoms with Crippen molar-refractivity contribution in [1.29, 1.82) is 0 Å². The summed E-state index contributed by atoms with van der Waals surface area (Å²) in [5, 5.41) is 8.39. The zero-order valence-electron chi connectivity index (χ0n) is 14.5. The first-order chi connectivity index (χ1) is 11.5. The van der Waals surface area contributed by atoms with Gasteiger partial charge in [-0.2, -0.15) is 0 Å². The van der Waals surface area contributed by atoms with Gasteiger partial charge in [0.05, 0.1) is 19.9 Å². The molecule has 2 rings (SSSR count). The summed E-state index contributed by atoms with van der Waals surface area (Å²) in [6.45, 7) is 4.11. The molecular weight excluding hydrogens is 324 g/mol. The van der Waals surface area contributed by atoms with Gasteiger partial charge in [-0.1, -0.05) is 6.07 Å². The normalized spacial score (nSPS) is 13.2. The Morgan fingerprint density at radius 1 is 1.21 bits per heavy atom. The van der Waals surface area contributed by atoms with Crippen LogP contribution in [0.5, 0.6) is 11.5 Å². The molecule has 5 nitrogen and oxygen atoms in total. The number of ether oxygens (including phenoxy) is 2. The number of anilines is 1. The molecule has 0 aliphatic carbocycles. The van der Waals surface area contributed by atoms with Crippen molar-refractivity contribution in [3.05, 3.63) is 40.6 Å². The van der Waals surface area contributed by atoms with Crippen molar-refractivity contribution in [2.75, 3.05) is 19.5 Å². The Morgan fingerprint density at radius 2 is 2.00 bits per heavy atom. The van der Waals surface area contributed by atoms with Gasteiger partial charge >= 0.3 is 0 Å². The van der Waals surface area contributed by atoms with Gasteiger partial charge in [-0.05, 0) is 37.4 Å². The molecular formula is C18H24N2O3S. The minimum atomic E-state index is -0.0695. The molecule has 0 spiro atoms. The molecule has 1 aromatic heterocycles. The van der Waals surface area contributed by atoms with Crippen molar-refractivity contribution in [3.8, 4) is 11.5 Å². The molecule has 0 saturated heterocycles. The van der Waals surface area contributed by atoms with E-state index in [1.807, 2.05) is 13.0 Å². The summed E-state index contributed by atoms with van der Waals surface area (Å²) in [5.74, 6) is 1.21. The number of hydrogen-bond acceptors (Lipinski definition) is 5. The largest absolute Gasteiger partial charge is 0.497 e. The number of nitrogens with one attached hydrogen (secondary N) is 2. The van der Waals surface area contributed by atoms with Gasteiger partial charge in [0.15, 0.2) is 0 Å². The maximum absolute atomic E-state index is 12.3. The van der Waals surface area contributed by atoms with Crippen LogP contribution in [0.1, 0.15) is 31.2 Å². The van der Waals surface area contributed by atoms with Gasteiger partial charge in [0.2, 0.25) is 5.91 Å². The van der Waals surface area contributed by atoms with Crippen molar-refractivity contribution in [1.82, 2.24) is 5.32 Å². The van der Waals surface area contributed by atoms with Gasteiger partial charge in [-0.3, -0.25) is 4.79 Å². The Balaban J connectivity index is 1.93. The average molecular weight is 348 g/mol. The summed E-state index contributed by atoms with van der Waals surface area (Å²) in [5.41, 5.74) is 0.611. The maximum Gasteiger partial charge on any atom is 0.226 e. The van der Waals surface area contributed by atoms with Gasteiger partial charge < -0.3 is 20.1 Å². The Kier molecular flexibility index (Phi) is 6.63. The number of benzene rings is 1. The molecule has 1 amide bonds. The van der Waals surface area contributed by atoms with E-state index in [0.717, 1.165) is 0 Å². The van der Waals surface area contributed by atoms with Crippen molar-refractivity contribution in [2.24, 2.45) is 0 Å². The SMILES string of the molecule is COc1ccc(OC)c(NC(=O)CC(C)NC(C)c2cccs2)c1. The van der Waals surface area contributed by atoms with Gasteiger partial charge in [0.1, 0.15) is 11.5 Å². The number of methoxy groups -OCH3 is 2. The maximum atomic E-state index is 12.3. The zero-order valence-corrected chi connectivity index (χ0v) is 15.3. The van der Waals surface area contributed by atoms with E-state index in [2.05, 4.69) is 29.0 Å². The lowest BCUT2D eigenvalue weighted by Gasteiger charge is -2.19. The van der Waals surface area contributed by atoms with Crippen LogP contribution in [0.2, 0.25) is 0 Å². The fraction of sp³-hybridized carbons (Fsp3) is 0.389. The van der Waals surface area contributed by atoms with Crippen LogP contribution in [0, 0.1) is 0 Å². The molecule has 0 aliphatic rings. The number of amides is 1. The van der Waals surface area contributed by atoms with Crippen molar-refractivity contribution < 1.29 is 14.3 Å². The summed E-state index contributed by atoms with van der Waals surface area (Å²) in [7, 11) is 3.16. The highest BCUT2D eigenvalue weighted by molar-refractivity contribution is 7.10. The van der Waals surface area contributed by atoms with E-state index in [1.165, 1.54) is 4.88 Å². The summed E-state index contributed by atoms with van der Waals surface area (Å²) in [6, 6.07) is 9.72. The molecule has 2 unspecified atom stereocenters. The predicted octanol–water partition coefficient (Wildman–Crippen LogP) is 3.83. The zero-order chi connectivity index (χ0) is 17.5. The summed E-state index contributed by atoms with van der Waals surface area (Å²) < 4.78 is 10.5. The summed E-state index contributed by atoms with van der Waals surface area (Å²) in [4.78, 5) is 13.6. The van der Waals surface area contributed by atoms with Crippen LogP contribution in [-0.2, 0) is 4.79 Å². The Labute approximate surface area is 147 Å². The van der Waals surface area contributed by atoms with E-state index >= 15 is 0 Å². The minimum absolute atomic E-state index is 0.0544. The first kappa shape index (κ1) is 18.3. The smallest absolute Gasteiger partial charge is 0.226 e. The monoisotopic (exact) mass is 348 g/mol. The molecule has 1 heterocycles. The highest BCUT2D eigenvalue weighted by Crippen LogP contribution is 2.29. The molecule has 1 aromatic carbocycles. The molecule has 0 bridgehead atoms. The second-order valence-corrected chi connectivity index (χ2v) is 6.60. The molecule has 0 saturated carbocycles. The van der Waals surface area contributed by atoms with Crippen LogP contribution < -0.4 is 20.1 Å². The van der Waals surface area contributed by atoms with Crippen LogP contribution in [0.4, 0.5) is 5.69 Å². The third-order valence-electron chi connectivity index (χ3n) is 3.68. The molecule has 24 heavy (non-hydrogen) atoms. The second kappa shape index (κ2) is 8.70. The predicted molar refractivity (Wildman–Crippen MR) is 98.1 cm³/mol. The van der Waals surface area contributed by atoms with E-state index in [0.29, 0.717) is 23.6 Å². The first-order valence-electron chi connectivity index (χ1n) is 7.84. The number of hydrogen-bond donors (Lipinski definition) is 2. The lowest BCUT2D eigenvalue weighted by atomic mass is 10.1. The Morgan fingerprint density at radius 3 is 2.62 bits per heavy atom. The minimum Gasteiger partial charge on any atom is -0.497 e. The molecule has 0 radical (unpaired) electrons. The molecule has 2 aromatic rings. The third kappa shape index (κ3) is 4.97. The highest BCUT2D eigenvalue weighted by Gasteiger charge is 2.15. The molecule has 0 aliphatic heterocycles. The van der Waals surface area contributed by atoms with Gasteiger partial charge in [-0.15, -0.1) is 11.3 Å². The number of carbonyl (C=O) groups is 1. The Bertz CT molecular complexity index is 658. The van der Waals surface area contributed by atoms with Crippen LogP contribution in [0.25, 0.3) is 0 Å². The lowest BCUT2D eigenvalue weighted by molar-refractivity contribution is -0.116. The van der Waals surface area contributed by atoms with E-state index in [9.17, 15) is 4.79 Å². The lowest BCUT2D eigenvalue weighted by Crippen LogP contribution is -2.32. The van der Waals surface area contributed by atoms with E-state index in [4.69, 9.17) is 9.47 Å². The quantitative estimate of drug-likeness (QED) is 0.761. The third-order valence-corrected chi connectivity index (χ3v) is 4.73. The first-order valence-corrected chi connectivity index (χ1v) is 8.72. The molecule has 2 N–H and O–H groups in total. The van der Waals surface area contributed by atoms with Crippen LogP contribution in [0.3, 0.4) is 0 Å². The van der Waals surface area contributed by atoms with E-state index in [1.54, 1.807) is 43.8 Å². The fourth-order valence-electron chi connectivity index (χ4n) is 2.50. The molecule has 0 fully saturated rings. The van der Waals surface area contributed by atoms with Crippen molar-refractivity contribution >= 4 is 22.9 Å². The van der Waals surface area contributed by atoms with Crippen molar-refractivity contribution in [2.45, 2.75) is 32.4 Å². The standard InChI is InChI=1S/C18H24N2O3S/c1-12(19-13(2)17-6-5-9-24-17)10-18(21)20-15-11-14(22-3)7-8-16(15)23-4/h5-9,11-13,19H,10H2,1-4H3,(H,20,21). The average Bonchev–Trinajstić information content (AvgIpc) is 3.09. The number of rotatable bonds is 8. The molecule has 130 valence electrons. The van der Waals surface area contributed by atoms with Crippen LogP contribution in [0.15, 0.2) is 35.7 Å². The van der Waals surface area contributed by atoms with Crippen LogP contribution in [-0.4, -0.2) is 26.2 Å². The van der Waals surface area contributed by atoms with Crippen molar-refractivity contribution in [3.63, 3.8) is 0 Å². The molecule has 6 heteroatoms. The number of carbonyl (C=O) groups excluding carboxylic acids is 1. The Hall–Kier alpha value is -2.05. The summed E-state index contributed by atoms with van der Waals surface area (Å²) in [6.07, 6.45) is 0.371. The second-order valence-electron chi connectivity index (χ2n) is 5.62. The van der Waals surface area contributed by atoms with E-state index < -0.39 is 0 Å².